The largest absolute Gasteiger partial charge is 0.357 e. The topological polar surface area (TPSA) is 56.8 Å². The van der Waals surface area contributed by atoms with Crippen LogP contribution in [0.2, 0.25) is 0 Å². The van der Waals surface area contributed by atoms with Crippen molar-refractivity contribution in [1.82, 2.24) is 14.8 Å². The van der Waals surface area contributed by atoms with Crippen LogP contribution < -0.4 is 4.90 Å². The number of hydrogen-bond acceptors (Lipinski definition) is 4. The summed E-state index contributed by atoms with van der Waals surface area (Å²) in [6, 6.07) is 3.87. The molecule has 0 saturated carbocycles. The third kappa shape index (κ3) is 3.89. The van der Waals surface area contributed by atoms with E-state index >= 15 is 0 Å². The molecule has 2 saturated heterocycles. The highest BCUT2D eigenvalue weighted by molar-refractivity contribution is 5.94. The number of amides is 2. The molecule has 0 spiro atoms. The van der Waals surface area contributed by atoms with Gasteiger partial charge in [-0.1, -0.05) is 13.5 Å². The minimum absolute atomic E-state index is 0.00755. The second-order valence-electron chi connectivity index (χ2n) is 7.00. The highest BCUT2D eigenvalue weighted by Gasteiger charge is 2.30. The average molecular weight is 356 g/mol. The lowest BCUT2D eigenvalue weighted by molar-refractivity contribution is -0.130. The fourth-order valence-electron chi connectivity index (χ4n) is 3.80. The van der Waals surface area contributed by atoms with E-state index in [0.717, 1.165) is 25.3 Å². The molecule has 0 bridgehead atoms. The van der Waals surface area contributed by atoms with Crippen molar-refractivity contribution < 1.29 is 9.59 Å². The van der Waals surface area contributed by atoms with Gasteiger partial charge in [-0.05, 0) is 43.9 Å². The minimum atomic E-state index is -0.0588. The number of nitrogens with zero attached hydrogens (tertiary/aromatic N) is 4. The number of carbonyl (C=O) groups excluding carboxylic acids is 2. The van der Waals surface area contributed by atoms with Gasteiger partial charge >= 0.3 is 0 Å². The van der Waals surface area contributed by atoms with Crippen LogP contribution in [-0.4, -0.2) is 65.4 Å². The molecule has 6 heteroatoms. The number of pyridine rings is 1. The smallest absolute Gasteiger partial charge is 0.255 e. The van der Waals surface area contributed by atoms with Crippen molar-refractivity contribution in [2.24, 2.45) is 0 Å². The molecule has 0 radical (unpaired) electrons. The van der Waals surface area contributed by atoms with Crippen LogP contribution in [-0.2, 0) is 4.79 Å². The maximum Gasteiger partial charge on any atom is 0.255 e. The minimum Gasteiger partial charge on any atom is -0.357 e. The van der Waals surface area contributed by atoms with E-state index < -0.39 is 0 Å². The van der Waals surface area contributed by atoms with Gasteiger partial charge in [0.05, 0.1) is 5.56 Å². The Bertz CT molecular complexity index is 652. The molecule has 2 amide bonds. The fraction of sp³-hybridized carbons (Fsp3) is 0.550. The molecule has 2 fully saturated rings. The molecule has 6 nitrogen and oxygen atoms in total. The van der Waals surface area contributed by atoms with Gasteiger partial charge in [-0.15, -0.1) is 0 Å². The van der Waals surface area contributed by atoms with Gasteiger partial charge in [-0.3, -0.25) is 9.59 Å². The lowest BCUT2D eigenvalue weighted by Gasteiger charge is -2.40. The molecule has 0 N–H and O–H groups in total. The van der Waals surface area contributed by atoms with E-state index in [1.165, 1.54) is 25.3 Å². The van der Waals surface area contributed by atoms with Crippen LogP contribution >= 0.6 is 0 Å². The first-order chi connectivity index (χ1) is 12.6. The molecule has 1 aromatic rings. The fourth-order valence-corrected chi connectivity index (χ4v) is 3.80. The number of carbonyl (C=O) groups is 2. The van der Waals surface area contributed by atoms with Crippen molar-refractivity contribution in [3.8, 4) is 0 Å². The van der Waals surface area contributed by atoms with Crippen LogP contribution in [0.25, 0.3) is 0 Å². The lowest BCUT2D eigenvalue weighted by atomic mass is 10.1. The maximum atomic E-state index is 12.8. The van der Waals surface area contributed by atoms with Crippen molar-refractivity contribution >= 4 is 17.6 Å². The molecule has 0 aliphatic carbocycles. The monoisotopic (exact) mass is 356 g/mol. The van der Waals surface area contributed by atoms with Gasteiger partial charge in [-0.25, -0.2) is 4.98 Å². The zero-order chi connectivity index (χ0) is 18.5. The van der Waals surface area contributed by atoms with Crippen LogP contribution in [0.1, 0.15) is 43.0 Å². The quantitative estimate of drug-likeness (QED) is 0.777. The summed E-state index contributed by atoms with van der Waals surface area (Å²) in [6.07, 6.45) is 7.54. The molecular formula is C20H28N4O2. The van der Waals surface area contributed by atoms with Crippen molar-refractivity contribution in [2.75, 3.05) is 37.6 Å². The number of piperidine rings is 1. The summed E-state index contributed by atoms with van der Waals surface area (Å²) < 4.78 is 0. The summed E-state index contributed by atoms with van der Waals surface area (Å²) in [4.78, 5) is 35.2. The van der Waals surface area contributed by atoms with E-state index in [0.29, 0.717) is 25.2 Å². The van der Waals surface area contributed by atoms with Crippen molar-refractivity contribution in [1.29, 1.82) is 0 Å². The summed E-state index contributed by atoms with van der Waals surface area (Å²) in [7, 11) is 0. The van der Waals surface area contributed by atoms with Gasteiger partial charge in [-0.2, -0.15) is 0 Å². The molecule has 3 heterocycles. The summed E-state index contributed by atoms with van der Waals surface area (Å²) in [5.41, 5.74) is 0.615. The van der Waals surface area contributed by atoms with Crippen molar-refractivity contribution in [3.63, 3.8) is 0 Å². The molecule has 2 aliphatic heterocycles. The van der Waals surface area contributed by atoms with Crippen molar-refractivity contribution in [2.45, 2.75) is 38.6 Å². The van der Waals surface area contributed by atoms with E-state index in [1.807, 2.05) is 28.9 Å². The Morgan fingerprint density at radius 2 is 1.96 bits per heavy atom. The highest BCUT2D eigenvalue weighted by Crippen LogP contribution is 2.19. The van der Waals surface area contributed by atoms with Crippen LogP contribution in [0.3, 0.4) is 0 Å². The number of hydrogen-bond donors (Lipinski definition) is 0. The summed E-state index contributed by atoms with van der Waals surface area (Å²) in [6.45, 7) is 9.34. The van der Waals surface area contributed by atoms with E-state index in [-0.39, 0.29) is 17.9 Å². The van der Waals surface area contributed by atoms with Gasteiger partial charge in [0.15, 0.2) is 0 Å². The molecule has 3 rings (SSSR count). The third-order valence-corrected chi connectivity index (χ3v) is 5.37. The molecule has 1 aromatic heterocycles. The zero-order valence-electron chi connectivity index (χ0n) is 15.6. The van der Waals surface area contributed by atoms with Gasteiger partial charge in [0.25, 0.3) is 5.91 Å². The van der Waals surface area contributed by atoms with Gasteiger partial charge in [0, 0.05) is 45.0 Å². The van der Waals surface area contributed by atoms with E-state index in [2.05, 4.69) is 16.5 Å². The normalized spacial score (nSPS) is 20.8. The third-order valence-electron chi connectivity index (χ3n) is 5.37. The van der Waals surface area contributed by atoms with Crippen LogP contribution in [0.15, 0.2) is 31.0 Å². The predicted octanol–water partition coefficient (Wildman–Crippen LogP) is 2.32. The standard InChI is InChI=1S/C20H28N4O2/c1-3-17-15-23(12-13-24(17)19(25)4-2)20(26)16-8-9-18(21-14-16)22-10-6-5-7-11-22/h4,8-9,14,17H,2-3,5-7,10-13,15H2,1H3/t17-/m0/s1. The second-order valence-corrected chi connectivity index (χ2v) is 7.00. The van der Waals surface area contributed by atoms with Crippen molar-refractivity contribution in [3.05, 3.63) is 36.5 Å². The summed E-state index contributed by atoms with van der Waals surface area (Å²) in [5, 5.41) is 0. The Morgan fingerprint density at radius 1 is 1.19 bits per heavy atom. The molecule has 0 unspecified atom stereocenters. The SMILES string of the molecule is C=CC(=O)N1CCN(C(=O)c2ccc(N3CCCCC3)nc2)C[C@@H]1CC. The number of anilines is 1. The van der Waals surface area contributed by atoms with E-state index in [4.69, 9.17) is 0 Å². The molecule has 140 valence electrons. The molecule has 0 aromatic carbocycles. The lowest BCUT2D eigenvalue weighted by Crippen LogP contribution is -2.56. The molecule has 26 heavy (non-hydrogen) atoms. The number of aromatic nitrogens is 1. The first-order valence-electron chi connectivity index (χ1n) is 9.57. The van der Waals surface area contributed by atoms with Crippen LogP contribution in [0.5, 0.6) is 0 Å². The zero-order valence-corrected chi connectivity index (χ0v) is 15.6. The Morgan fingerprint density at radius 3 is 2.58 bits per heavy atom. The van der Waals surface area contributed by atoms with Crippen LogP contribution in [0, 0.1) is 0 Å². The van der Waals surface area contributed by atoms with Gasteiger partial charge < -0.3 is 14.7 Å². The number of rotatable bonds is 4. The summed E-state index contributed by atoms with van der Waals surface area (Å²) >= 11 is 0. The Balaban J connectivity index is 1.65. The molecular weight excluding hydrogens is 328 g/mol. The van der Waals surface area contributed by atoms with E-state index in [1.54, 1.807) is 6.20 Å². The van der Waals surface area contributed by atoms with Gasteiger partial charge in [0.2, 0.25) is 5.91 Å². The molecule has 1 atom stereocenters. The highest BCUT2D eigenvalue weighted by atomic mass is 16.2. The first kappa shape index (κ1) is 18.4. The Kier molecular flexibility index (Phi) is 5.91. The van der Waals surface area contributed by atoms with Crippen LogP contribution in [0.4, 0.5) is 5.82 Å². The Labute approximate surface area is 155 Å². The van der Waals surface area contributed by atoms with Gasteiger partial charge in [0.1, 0.15) is 5.82 Å². The predicted molar refractivity (Wildman–Crippen MR) is 102 cm³/mol. The first-order valence-corrected chi connectivity index (χ1v) is 9.57. The average Bonchev–Trinajstić information content (AvgIpc) is 2.73. The summed E-state index contributed by atoms with van der Waals surface area (Å²) in [5.74, 6) is 0.887. The molecule has 2 aliphatic rings. The maximum absolute atomic E-state index is 12.8. The number of piperazine rings is 1. The Hall–Kier alpha value is -2.37. The van der Waals surface area contributed by atoms with E-state index in [9.17, 15) is 9.59 Å². The second kappa shape index (κ2) is 8.34.